The van der Waals surface area contributed by atoms with Crippen molar-refractivity contribution in [3.63, 3.8) is 0 Å². The first-order valence-electron chi connectivity index (χ1n) is 8.31. The van der Waals surface area contributed by atoms with Gasteiger partial charge in [0.25, 0.3) is 5.91 Å². The number of nitrogens with zero attached hydrogens (tertiary/aromatic N) is 2. The van der Waals surface area contributed by atoms with E-state index in [1.165, 1.54) is 17.7 Å². The van der Waals surface area contributed by atoms with Gasteiger partial charge in [-0.2, -0.15) is 0 Å². The van der Waals surface area contributed by atoms with E-state index in [-0.39, 0.29) is 11.3 Å². The number of carbonyl (C=O) groups excluding carboxylic acids is 1. The van der Waals surface area contributed by atoms with E-state index in [1.54, 1.807) is 17.5 Å². The maximum Gasteiger partial charge on any atom is 0.271 e. The van der Waals surface area contributed by atoms with Crippen molar-refractivity contribution in [3.8, 4) is 0 Å². The van der Waals surface area contributed by atoms with Crippen molar-refractivity contribution in [1.82, 2.24) is 15.3 Å². The molecule has 122 valence electrons. The van der Waals surface area contributed by atoms with Crippen molar-refractivity contribution in [2.45, 2.75) is 31.1 Å². The molecule has 0 aliphatic heterocycles. The number of amides is 1. The Kier molecular flexibility index (Phi) is 4.02. The number of fused-ring (bicyclic) bond motifs is 1. The summed E-state index contributed by atoms with van der Waals surface area (Å²) in [7, 11) is 0. The van der Waals surface area contributed by atoms with Crippen LogP contribution in [0.1, 0.15) is 41.0 Å². The van der Waals surface area contributed by atoms with Crippen molar-refractivity contribution in [2.24, 2.45) is 0 Å². The summed E-state index contributed by atoms with van der Waals surface area (Å²) in [5, 5.41) is 5.22. The molecule has 5 heteroatoms. The Bertz CT molecular complexity index is 854. The lowest BCUT2D eigenvalue weighted by Crippen LogP contribution is -2.38. The van der Waals surface area contributed by atoms with Gasteiger partial charge in [-0.1, -0.05) is 31.0 Å². The number of benzene rings is 1. The fourth-order valence-electron chi connectivity index (χ4n) is 3.55. The van der Waals surface area contributed by atoms with E-state index >= 15 is 0 Å². The maximum absolute atomic E-state index is 12.5. The topological polar surface area (TPSA) is 54.9 Å². The summed E-state index contributed by atoms with van der Waals surface area (Å²) in [6.07, 6.45) is 6.28. The van der Waals surface area contributed by atoms with Gasteiger partial charge < -0.3 is 5.32 Å². The molecule has 0 radical (unpaired) electrons. The number of carbonyl (C=O) groups is 1. The first-order valence-corrected chi connectivity index (χ1v) is 9.19. The quantitative estimate of drug-likeness (QED) is 0.785. The van der Waals surface area contributed by atoms with Gasteiger partial charge in [-0.25, -0.2) is 4.98 Å². The highest BCUT2D eigenvalue weighted by Gasteiger charge is 2.36. The molecular formula is C19H19N3OS. The molecule has 1 aromatic carbocycles. The lowest BCUT2D eigenvalue weighted by Gasteiger charge is -2.28. The molecule has 3 aromatic rings. The number of rotatable bonds is 4. The van der Waals surface area contributed by atoms with E-state index in [2.05, 4.69) is 32.8 Å². The highest BCUT2D eigenvalue weighted by Crippen LogP contribution is 2.42. The molecule has 0 atom stereocenters. The average Bonchev–Trinajstić information content (AvgIpc) is 3.31. The largest absolute Gasteiger partial charge is 0.350 e. The van der Waals surface area contributed by atoms with Crippen LogP contribution in [-0.4, -0.2) is 22.4 Å². The van der Waals surface area contributed by atoms with Gasteiger partial charge in [0.15, 0.2) is 0 Å². The smallest absolute Gasteiger partial charge is 0.271 e. The van der Waals surface area contributed by atoms with E-state index in [4.69, 9.17) is 0 Å². The molecule has 0 bridgehead atoms. The Morgan fingerprint density at radius 3 is 2.67 bits per heavy atom. The fraction of sp³-hybridized carbons (Fsp3) is 0.316. The number of aromatic nitrogens is 2. The standard InChI is InChI=1S/C19H19N3OS/c23-18(16-12-20-14-6-1-2-7-15(14)22-16)21-13-19(9-3-4-10-19)17-8-5-11-24-17/h1-2,5-8,11-12H,3-4,9-10,13H2,(H,21,23). The monoisotopic (exact) mass is 337 g/mol. The summed E-state index contributed by atoms with van der Waals surface area (Å²) >= 11 is 1.79. The second kappa shape index (κ2) is 6.32. The molecule has 1 N–H and O–H groups in total. The third kappa shape index (κ3) is 2.80. The van der Waals surface area contributed by atoms with Gasteiger partial charge in [0, 0.05) is 16.8 Å². The van der Waals surface area contributed by atoms with Crippen LogP contribution in [0.25, 0.3) is 11.0 Å². The Balaban J connectivity index is 1.52. The molecule has 1 aliphatic rings. The van der Waals surface area contributed by atoms with Crippen LogP contribution in [0.2, 0.25) is 0 Å². The first-order chi connectivity index (χ1) is 11.8. The van der Waals surface area contributed by atoms with Crippen LogP contribution in [0.15, 0.2) is 48.0 Å². The highest BCUT2D eigenvalue weighted by molar-refractivity contribution is 7.10. The molecular weight excluding hydrogens is 318 g/mol. The first kappa shape index (κ1) is 15.3. The Hall–Kier alpha value is -2.27. The molecule has 0 saturated heterocycles. The van der Waals surface area contributed by atoms with Gasteiger partial charge in [0.2, 0.25) is 0 Å². The predicted molar refractivity (Wildman–Crippen MR) is 96.3 cm³/mol. The second-order valence-electron chi connectivity index (χ2n) is 6.39. The predicted octanol–water partition coefficient (Wildman–Crippen LogP) is 3.93. The van der Waals surface area contributed by atoms with Gasteiger partial charge in [-0.15, -0.1) is 11.3 Å². The molecule has 4 nitrogen and oxygen atoms in total. The van der Waals surface area contributed by atoms with Crippen molar-refractivity contribution >= 4 is 28.3 Å². The van der Waals surface area contributed by atoms with Crippen LogP contribution in [0, 0.1) is 0 Å². The van der Waals surface area contributed by atoms with Crippen molar-refractivity contribution in [1.29, 1.82) is 0 Å². The minimum Gasteiger partial charge on any atom is -0.350 e. The van der Waals surface area contributed by atoms with Crippen molar-refractivity contribution < 1.29 is 4.79 Å². The summed E-state index contributed by atoms with van der Waals surface area (Å²) in [5.41, 5.74) is 2.03. The highest BCUT2D eigenvalue weighted by atomic mass is 32.1. The molecule has 4 rings (SSSR count). The molecule has 1 saturated carbocycles. The van der Waals surface area contributed by atoms with Crippen molar-refractivity contribution in [2.75, 3.05) is 6.54 Å². The van der Waals surface area contributed by atoms with E-state index in [1.807, 2.05) is 24.3 Å². The van der Waals surface area contributed by atoms with Gasteiger partial charge in [-0.05, 0) is 36.4 Å². The molecule has 1 aliphatic carbocycles. The minimum atomic E-state index is -0.143. The molecule has 2 aromatic heterocycles. The second-order valence-corrected chi connectivity index (χ2v) is 7.34. The number of thiophene rings is 1. The maximum atomic E-state index is 12.5. The lowest BCUT2D eigenvalue weighted by molar-refractivity contribution is 0.0938. The zero-order valence-electron chi connectivity index (χ0n) is 13.4. The molecule has 1 fully saturated rings. The van der Waals surface area contributed by atoms with Crippen LogP contribution in [0.5, 0.6) is 0 Å². The Labute approximate surface area is 145 Å². The fourth-order valence-corrected chi connectivity index (χ4v) is 4.54. The van der Waals surface area contributed by atoms with Gasteiger partial charge in [0.1, 0.15) is 5.69 Å². The molecule has 0 unspecified atom stereocenters. The molecule has 1 amide bonds. The normalized spacial score (nSPS) is 16.3. The SMILES string of the molecule is O=C(NCC1(c2cccs2)CCCC1)c1cnc2ccccc2n1. The lowest BCUT2D eigenvalue weighted by atomic mass is 9.84. The van der Waals surface area contributed by atoms with Gasteiger partial charge in [-0.3, -0.25) is 9.78 Å². The van der Waals surface area contributed by atoms with E-state index < -0.39 is 0 Å². The van der Waals surface area contributed by atoms with E-state index in [0.717, 1.165) is 23.9 Å². The van der Waals surface area contributed by atoms with Crippen LogP contribution in [0.3, 0.4) is 0 Å². The zero-order chi connectivity index (χ0) is 16.4. The summed E-state index contributed by atoms with van der Waals surface area (Å²) in [5.74, 6) is -0.143. The summed E-state index contributed by atoms with van der Waals surface area (Å²) < 4.78 is 0. The zero-order valence-corrected chi connectivity index (χ0v) is 14.2. The van der Waals surface area contributed by atoms with Crippen LogP contribution < -0.4 is 5.32 Å². The van der Waals surface area contributed by atoms with Crippen LogP contribution in [-0.2, 0) is 5.41 Å². The minimum absolute atomic E-state index is 0.0914. The van der Waals surface area contributed by atoms with E-state index in [9.17, 15) is 4.79 Å². The summed E-state index contributed by atoms with van der Waals surface area (Å²) in [4.78, 5) is 22.7. The van der Waals surface area contributed by atoms with Crippen LogP contribution in [0.4, 0.5) is 0 Å². The third-order valence-corrected chi connectivity index (χ3v) is 5.99. The molecule has 0 spiro atoms. The number of hydrogen-bond acceptors (Lipinski definition) is 4. The van der Waals surface area contributed by atoms with Gasteiger partial charge in [0.05, 0.1) is 17.2 Å². The molecule has 2 heterocycles. The number of hydrogen-bond donors (Lipinski definition) is 1. The van der Waals surface area contributed by atoms with Gasteiger partial charge >= 0.3 is 0 Å². The number of para-hydroxylation sites is 2. The Morgan fingerprint density at radius 2 is 1.92 bits per heavy atom. The number of nitrogens with one attached hydrogen (secondary N) is 1. The Morgan fingerprint density at radius 1 is 1.12 bits per heavy atom. The average molecular weight is 337 g/mol. The summed E-state index contributed by atoms with van der Waals surface area (Å²) in [6.45, 7) is 0.668. The van der Waals surface area contributed by atoms with Crippen molar-refractivity contribution in [3.05, 3.63) is 58.5 Å². The van der Waals surface area contributed by atoms with Crippen LogP contribution >= 0.6 is 11.3 Å². The third-order valence-electron chi connectivity index (χ3n) is 4.87. The summed E-state index contributed by atoms with van der Waals surface area (Å²) in [6, 6.07) is 11.9. The van der Waals surface area contributed by atoms with E-state index in [0.29, 0.717) is 12.2 Å². The molecule has 24 heavy (non-hydrogen) atoms.